The summed E-state index contributed by atoms with van der Waals surface area (Å²) in [5, 5.41) is 3.85. The van der Waals surface area contributed by atoms with Crippen LogP contribution in [0.1, 0.15) is 79.4 Å². The minimum Gasteiger partial charge on any atom is -0.487 e. The lowest BCUT2D eigenvalue weighted by molar-refractivity contribution is 0.0623. The Bertz CT molecular complexity index is 924. The van der Waals surface area contributed by atoms with Crippen LogP contribution in [-0.2, 0) is 0 Å². The van der Waals surface area contributed by atoms with Crippen LogP contribution in [0.5, 0.6) is 5.75 Å². The number of ketones is 1. The number of nitrogens with one attached hydrogen (secondary N) is 1. The van der Waals surface area contributed by atoms with Crippen molar-refractivity contribution in [3.63, 3.8) is 0 Å². The van der Waals surface area contributed by atoms with Gasteiger partial charge < -0.3 is 14.5 Å². The predicted molar refractivity (Wildman–Crippen MR) is 103 cm³/mol. The lowest BCUT2D eigenvalue weighted by Gasteiger charge is -2.31. The van der Waals surface area contributed by atoms with Crippen LogP contribution in [0, 0.1) is 12.8 Å². The molecule has 1 N–H and O–H groups in total. The molecule has 0 saturated heterocycles. The molecule has 0 radical (unpaired) electrons. The summed E-state index contributed by atoms with van der Waals surface area (Å²) in [6.45, 7) is 7.84. The molecule has 27 heavy (non-hydrogen) atoms. The van der Waals surface area contributed by atoms with Gasteiger partial charge in [-0.05, 0) is 51.7 Å². The largest absolute Gasteiger partial charge is 0.487 e. The molecule has 2 atom stereocenters. The summed E-state index contributed by atoms with van der Waals surface area (Å²) in [7, 11) is 0. The van der Waals surface area contributed by atoms with Crippen LogP contribution >= 0.6 is 0 Å². The molecule has 1 amide bonds. The monoisotopic (exact) mass is 369 g/mol. The van der Waals surface area contributed by atoms with Gasteiger partial charge in [-0.1, -0.05) is 19.8 Å². The third kappa shape index (κ3) is 3.13. The van der Waals surface area contributed by atoms with Gasteiger partial charge in [-0.2, -0.15) is 0 Å². The Morgan fingerprint density at radius 2 is 1.96 bits per heavy atom. The molecule has 2 aromatic rings. The van der Waals surface area contributed by atoms with E-state index in [-0.39, 0.29) is 17.7 Å². The van der Waals surface area contributed by atoms with E-state index in [2.05, 4.69) is 12.2 Å². The Morgan fingerprint density at radius 3 is 2.70 bits per heavy atom. The van der Waals surface area contributed by atoms with Gasteiger partial charge in [0.05, 0.1) is 12.0 Å². The van der Waals surface area contributed by atoms with Crippen LogP contribution in [0.2, 0.25) is 0 Å². The minimum absolute atomic E-state index is 0.0311. The molecule has 0 spiro atoms. The van der Waals surface area contributed by atoms with E-state index in [1.807, 2.05) is 20.8 Å². The zero-order valence-electron chi connectivity index (χ0n) is 16.5. The summed E-state index contributed by atoms with van der Waals surface area (Å²) >= 11 is 0. The number of aryl methyl sites for hydroxylation is 1. The number of hydrogen-bond donors (Lipinski definition) is 1. The highest BCUT2D eigenvalue weighted by Gasteiger charge is 2.36. The molecule has 2 aliphatic rings. The Hall–Kier alpha value is -2.30. The third-order valence-electron chi connectivity index (χ3n) is 5.94. The number of carbonyl (C=O) groups excluding carboxylic acids is 2. The van der Waals surface area contributed by atoms with Crippen LogP contribution in [0.4, 0.5) is 0 Å². The zero-order valence-corrected chi connectivity index (χ0v) is 16.5. The van der Waals surface area contributed by atoms with Gasteiger partial charge in [0.2, 0.25) is 0 Å². The number of ether oxygens (including phenoxy) is 1. The summed E-state index contributed by atoms with van der Waals surface area (Å²) in [5.41, 5.74) is 1.29. The van der Waals surface area contributed by atoms with Crippen molar-refractivity contribution in [3.8, 4) is 5.75 Å². The van der Waals surface area contributed by atoms with E-state index in [4.69, 9.17) is 9.15 Å². The highest BCUT2D eigenvalue weighted by atomic mass is 16.5. The van der Waals surface area contributed by atoms with E-state index >= 15 is 0 Å². The van der Waals surface area contributed by atoms with Crippen molar-refractivity contribution in [1.29, 1.82) is 0 Å². The summed E-state index contributed by atoms with van der Waals surface area (Å²) in [5.74, 6) is 1.18. The molecule has 144 valence electrons. The molecule has 0 bridgehead atoms. The van der Waals surface area contributed by atoms with E-state index in [1.54, 1.807) is 12.1 Å². The van der Waals surface area contributed by atoms with Crippen molar-refractivity contribution in [1.82, 2.24) is 5.32 Å². The average Bonchev–Trinajstić information content (AvgIpc) is 2.92. The lowest BCUT2D eigenvalue weighted by Crippen LogP contribution is -2.41. The van der Waals surface area contributed by atoms with E-state index in [1.165, 1.54) is 6.42 Å². The first-order chi connectivity index (χ1) is 12.8. The number of Topliss-reactive ketones (excluding diaryl/α,β-unsaturated/α-hetero) is 1. The average molecular weight is 369 g/mol. The molecule has 1 aromatic carbocycles. The molecule has 1 saturated carbocycles. The quantitative estimate of drug-likeness (QED) is 0.826. The fraction of sp³-hybridized carbons (Fsp3) is 0.545. The zero-order chi connectivity index (χ0) is 19.3. The summed E-state index contributed by atoms with van der Waals surface area (Å²) in [4.78, 5) is 25.7. The normalized spacial score (nSPS) is 24.4. The molecule has 1 aliphatic heterocycles. The van der Waals surface area contributed by atoms with Crippen LogP contribution in [0.25, 0.3) is 11.0 Å². The molecule has 1 aliphatic carbocycles. The summed E-state index contributed by atoms with van der Waals surface area (Å²) in [6.07, 6.45) is 4.82. The van der Waals surface area contributed by atoms with Gasteiger partial charge in [0.25, 0.3) is 5.91 Å². The molecular weight excluding hydrogens is 342 g/mol. The number of carbonyl (C=O) groups is 2. The minimum atomic E-state index is -0.521. The molecule has 4 rings (SSSR count). The number of rotatable bonds is 2. The summed E-state index contributed by atoms with van der Waals surface area (Å²) < 4.78 is 11.9. The SMILES string of the molecule is Cc1c(C(=O)NC2CCCCC2C)oc2ccc3c(c12)C(=O)CC(C)(C)O3. The molecule has 2 heterocycles. The van der Waals surface area contributed by atoms with E-state index in [0.29, 0.717) is 45.9 Å². The fourth-order valence-corrected chi connectivity index (χ4v) is 4.47. The van der Waals surface area contributed by atoms with Crippen LogP contribution < -0.4 is 10.1 Å². The topological polar surface area (TPSA) is 68.5 Å². The second-order valence-corrected chi connectivity index (χ2v) is 8.67. The Kier molecular flexibility index (Phi) is 4.28. The Labute approximate surface area is 159 Å². The molecule has 5 nitrogen and oxygen atoms in total. The highest BCUT2D eigenvalue weighted by molar-refractivity contribution is 6.13. The van der Waals surface area contributed by atoms with E-state index < -0.39 is 5.60 Å². The van der Waals surface area contributed by atoms with Gasteiger partial charge in [0.15, 0.2) is 11.5 Å². The molecule has 2 unspecified atom stereocenters. The van der Waals surface area contributed by atoms with E-state index in [9.17, 15) is 9.59 Å². The first-order valence-corrected chi connectivity index (χ1v) is 9.86. The third-order valence-corrected chi connectivity index (χ3v) is 5.94. The fourth-order valence-electron chi connectivity index (χ4n) is 4.47. The maximum atomic E-state index is 12.9. The van der Waals surface area contributed by atoms with Crippen molar-refractivity contribution in [3.05, 3.63) is 29.0 Å². The van der Waals surface area contributed by atoms with Crippen LogP contribution in [-0.4, -0.2) is 23.3 Å². The molecule has 1 fully saturated rings. The number of furan rings is 1. The van der Waals surface area contributed by atoms with Crippen LogP contribution in [0.15, 0.2) is 16.5 Å². The van der Waals surface area contributed by atoms with Gasteiger partial charge in [0.1, 0.15) is 16.9 Å². The number of hydrogen-bond acceptors (Lipinski definition) is 4. The number of fused-ring (bicyclic) bond motifs is 3. The lowest BCUT2D eigenvalue weighted by atomic mass is 9.86. The van der Waals surface area contributed by atoms with Gasteiger partial charge in [-0.15, -0.1) is 0 Å². The first kappa shape index (κ1) is 18.1. The van der Waals surface area contributed by atoms with Crippen molar-refractivity contribution in [2.75, 3.05) is 0 Å². The number of benzene rings is 1. The first-order valence-electron chi connectivity index (χ1n) is 9.86. The predicted octanol–water partition coefficient (Wildman–Crippen LogP) is 4.79. The van der Waals surface area contributed by atoms with Gasteiger partial charge in [0, 0.05) is 17.0 Å². The summed E-state index contributed by atoms with van der Waals surface area (Å²) in [6, 6.07) is 3.73. The van der Waals surface area contributed by atoms with Crippen molar-refractivity contribution >= 4 is 22.7 Å². The van der Waals surface area contributed by atoms with E-state index in [0.717, 1.165) is 19.3 Å². The maximum Gasteiger partial charge on any atom is 0.287 e. The van der Waals surface area contributed by atoms with Crippen LogP contribution in [0.3, 0.4) is 0 Å². The highest BCUT2D eigenvalue weighted by Crippen LogP contribution is 2.40. The standard InChI is InChI=1S/C22H27NO4/c1-12-7-5-6-8-14(12)23-21(25)20-13(2)18-16(26-20)9-10-17-19(18)15(24)11-22(3,4)27-17/h9-10,12,14H,5-8,11H2,1-4H3,(H,23,25). The second-order valence-electron chi connectivity index (χ2n) is 8.67. The van der Waals surface area contributed by atoms with Crippen molar-refractivity contribution < 1.29 is 18.7 Å². The van der Waals surface area contributed by atoms with Gasteiger partial charge in [-0.25, -0.2) is 0 Å². The molecule has 5 heteroatoms. The Balaban J connectivity index is 1.72. The Morgan fingerprint density at radius 1 is 1.22 bits per heavy atom. The van der Waals surface area contributed by atoms with Gasteiger partial charge >= 0.3 is 0 Å². The maximum absolute atomic E-state index is 12.9. The van der Waals surface area contributed by atoms with Gasteiger partial charge in [-0.3, -0.25) is 9.59 Å². The van der Waals surface area contributed by atoms with Crippen molar-refractivity contribution in [2.45, 2.75) is 71.4 Å². The van der Waals surface area contributed by atoms with Crippen molar-refractivity contribution in [2.24, 2.45) is 5.92 Å². The molecular formula is C22H27NO4. The second kappa shape index (κ2) is 6.39. The number of amides is 1. The molecule has 1 aromatic heterocycles. The smallest absolute Gasteiger partial charge is 0.287 e.